The van der Waals surface area contributed by atoms with Crippen molar-refractivity contribution in [1.29, 1.82) is 0 Å². The number of ketones is 1. The molecule has 0 saturated heterocycles. The van der Waals surface area contributed by atoms with Crippen molar-refractivity contribution in [1.82, 2.24) is 0 Å². The number of rotatable bonds is 5. The normalized spacial score (nSPS) is 10.8. The van der Waals surface area contributed by atoms with E-state index in [9.17, 15) is 4.79 Å². The molecular weight excluding hydrogens is 284 g/mol. The quantitative estimate of drug-likeness (QED) is 0.574. The number of carbonyl (C=O) groups excluding carboxylic acids is 1. The third kappa shape index (κ3) is 4.30. The average molecular weight is 301 g/mol. The van der Waals surface area contributed by atoms with Gasteiger partial charge in [-0.25, -0.2) is 0 Å². The summed E-state index contributed by atoms with van der Waals surface area (Å²) in [5, 5.41) is 0. The molecule has 0 fully saturated rings. The van der Waals surface area contributed by atoms with Crippen LogP contribution in [0.2, 0.25) is 0 Å². The molecule has 0 amide bonds. The van der Waals surface area contributed by atoms with Crippen LogP contribution in [0.3, 0.4) is 0 Å². The first-order chi connectivity index (χ1) is 7.50. The summed E-state index contributed by atoms with van der Waals surface area (Å²) >= 11 is 5.21. The van der Waals surface area contributed by atoms with Crippen LogP contribution in [0.5, 0.6) is 0 Å². The van der Waals surface area contributed by atoms with Crippen LogP contribution in [0.4, 0.5) is 0 Å². The molecule has 3 heteroatoms. The molecule has 16 heavy (non-hydrogen) atoms. The summed E-state index contributed by atoms with van der Waals surface area (Å²) in [7, 11) is 0. The molecule has 1 aromatic carbocycles. The molecule has 88 valence electrons. The molecular formula is C13H17BrOS. The molecule has 0 aromatic heterocycles. The van der Waals surface area contributed by atoms with Crippen LogP contribution in [0.1, 0.15) is 37.6 Å². The molecule has 0 aliphatic carbocycles. The predicted molar refractivity (Wildman–Crippen MR) is 74.3 cm³/mol. The number of benzene rings is 1. The maximum absolute atomic E-state index is 11.4. The minimum atomic E-state index is 0.138. The van der Waals surface area contributed by atoms with E-state index in [2.05, 4.69) is 29.8 Å². The van der Waals surface area contributed by atoms with E-state index in [0.717, 1.165) is 20.7 Å². The Kier molecular flexibility index (Phi) is 5.56. The molecule has 0 bridgehead atoms. The highest BCUT2D eigenvalue weighted by Crippen LogP contribution is 2.28. The fraction of sp³-hybridized carbons (Fsp3) is 0.462. The van der Waals surface area contributed by atoms with Gasteiger partial charge in [0.1, 0.15) is 0 Å². The Labute approximate surface area is 110 Å². The second-order valence-corrected chi connectivity index (χ2v) is 6.28. The lowest BCUT2D eigenvalue weighted by Crippen LogP contribution is -1.96. The zero-order chi connectivity index (χ0) is 12.1. The van der Waals surface area contributed by atoms with Crippen molar-refractivity contribution < 1.29 is 4.79 Å². The molecule has 0 aliphatic heterocycles. The summed E-state index contributed by atoms with van der Waals surface area (Å²) in [4.78, 5) is 12.5. The third-order valence-electron chi connectivity index (χ3n) is 2.28. The average Bonchev–Trinajstić information content (AvgIpc) is 2.16. The molecule has 0 spiro atoms. The van der Waals surface area contributed by atoms with Crippen molar-refractivity contribution >= 4 is 33.5 Å². The summed E-state index contributed by atoms with van der Waals surface area (Å²) in [6.07, 6.45) is 1.18. The number of carbonyl (C=O) groups is 1. The second kappa shape index (κ2) is 6.45. The Morgan fingerprint density at radius 1 is 1.44 bits per heavy atom. The summed E-state index contributed by atoms with van der Waals surface area (Å²) < 4.78 is 1.03. The molecule has 1 nitrogen and oxygen atoms in total. The van der Waals surface area contributed by atoms with Crippen molar-refractivity contribution in [2.24, 2.45) is 5.92 Å². The van der Waals surface area contributed by atoms with Crippen LogP contribution < -0.4 is 0 Å². The van der Waals surface area contributed by atoms with E-state index in [1.165, 1.54) is 6.42 Å². The number of hydrogen-bond donors (Lipinski definition) is 0. The van der Waals surface area contributed by atoms with E-state index in [1.807, 2.05) is 18.2 Å². The van der Waals surface area contributed by atoms with Crippen LogP contribution in [-0.2, 0) is 0 Å². The van der Waals surface area contributed by atoms with Crippen molar-refractivity contribution in [2.45, 2.75) is 32.1 Å². The van der Waals surface area contributed by atoms with Crippen molar-refractivity contribution in [2.75, 3.05) is 5.75 Å². The van der Waals surface area contributed by atoms with E-state index < -0.39 is 0 Å². The third-order valence-corrected chi connectivity index (χ3v) is 3.86. The van der Waals surface area contributed by atoms with Gasteiger partial charge in [-0.2, -0.15) is 0 Å². The Balaban J connectivity index is 2.76. The van der Waals surface area contributed by atoms with E-state index >= 15 is 0 Å². The van der Waals surface area contributed by atoms with Gasteiger partial charge in [0.25, 0.3) is 0 Å². The Morgan fingerprint density at radius 3 is 2.69 bits per heavy atom. The van der Waals surface area contributed by atoms with Gasteiger partial charge in [-0.3, -0.25) is 4.79 Å². The van der Waals surface area contributed by atoms with Gasteiger partial charge in [-0.15, -0.1) is 11.8 Å². The molecule has 0 heterocycles. The van der Waals surface area contributed by atoms with Gasteiger partial charge in [0.05, 0.1) is 0 Å². The van der Waals surface area contributed by atoms with Crippen molar-refractivity contribution in [3.8, 4) is 0 Å². The molecule has 0 radical (unpaired) electrons. The predicted octanol–water partition coefficient (Wildman–Crippen LogP) is 4.79. The summed E-state index contributed by atoms with van der Waals surface area (Å²) in [5.41, 5.74) is 0.831. The fourth-order valence-electron chi connectivity index (χ4n) is 1.31. The standard InChI is InChI=1S/C13H17BrOS/c1-9(2)6-7-16-13-8-11(14)4-5-12(13)10(3)15/h4-5,8-9H,6-7H2,1-3H3. The van der Waals surface area contributed by atoms with Gasteiger partial charge in [0, 0.05) is 14.9 Å². The molecule has 0 N–H and O–H groups in total. The van der Waals surface area contributed by atoms with Crippen LogP contribution in [0, 0.1) is 5.92 Å². The smallest absolute Gasteiger partial charge is 0.160 e. The van der Waals surface area contributed by atoms with Crippen LogP contribution in [0.25, 0.3) is 0 Å². The van der Waals surface area contributed by atoms with Gasteiger partial charge in [0.15, 0.2) is 5.78 Å². The lowest BCUT2D eigenvalue weighted by molar-refractivity contribution is 0.101. The Hall–Kier alpha value is -0.280. The minimum absolute atomic E-state index is 0.138. The van der Waals surface area contributed by atoms with Gasteiger partial charge in [-0.05, 0) is 43.2 Å². The van der Waals surface area contributed by atoms with Crippen molar-refractivity contribution in [3.05, 3.63) is 28.2 Å². The summed E-state index contributed by atoms with van der Waals surface area (Å²) in [6, 6.07) is 5.84. The number of halogens is 1. The van der Waals surface area contributed by atoms with Gasteiger partial charge >= 0.3 is 0 Å². The highest BCUT2D eigenvalue weighted by atomic mass is 79.9. The molecule has 0 aliphatic rings. The molecule has 1 rings (SSSR count). The first-order valence-corrected chi connectivity index (χ1v) is 7.22. The van der Waals surface area contributed by atoms with Crippen LogP contribution >= 0.6 is 27.7 Å². The van der Waals surface area contributed by atoms with E-state index in [1.54, 1.807) is 18.7 Å². The maximum atomic E-state index is 11.4. The van der Waals surface area contributed by atoms with Crippen molar-refractivity contribution in [3.63, 3.8) is 0 Å². The highest BCUT2D eigenvalue weighted by molar-refractivity contribution is 9.10. The molecule has 0 saturated carbocycles. The fourth-order valence-corrected chi connectivity index (χ4v) is 3.21. The Morgan fingerprint density at radius 2 is 2.12 bits per heavy atom. The molecule has 0 unspecified atom stereocenters. The lowest BCUT2D eigenvalue weighted by Gasteiger charge is -2.08. The first-order valence-electron chi connectivity index (χ1n) is 5.44. The minimum Gasteiger partial charge on any atom is -0.294 e. The topological polar surface area (TPSA) is 17.1 Å². The van der Waals surface area contributed by atoms with E-state index in [0.29, 0.717) is 5.92 Å². The monoisotopic (exact) mass is 300 g/mol. The summed E-state index contributed by atoms with van der Waals surface area (Å²) in [5.74, 6) is 1.91. The summed E-state index contributed by atoms with van der Waals surface area (Å²) in [6.45, 7) is 6.05. The van der Waals surface area contributed by atoms with Gasteiger partial charge in [-0.1, -0.05) is 29.8 Å². The van der Waals surface area contributed by atoms with Gasteiger partial charge < -0.3 is 0 Å². The molecule has 0 atom stereocenters. The highest BCUT2D eigenvalue weighted by Gasteiger charge is 2.08. The number of Topliss-reactive ketones (excluding diaryl/α,β-unsaturated/α-hetero) is 1. The number of hydrogen-bond acceptors (Lipinski definition) is 2. The maximum Gasteiger partial charge on any atom is 0.160 e. The lowest BCUT2D eigenvalue weighted by atomic mass is 10.1. The second-order valence-electron chi connectivity index (χ2n) is 4.23. The van der Waals surface area contributed by atoms with Crippen LogP contribution in [0.15, 0.2) is 27.6 Å². The first kappa shape index (κ1) is 13.8. The molecule has 1 aromatic rings. The van der Waals surface area contributed by atoms with E-state index in [4.69, 9.17) is 0 Å². The largest absolute Gasteiger partial charge is 0.294 e. The zero-order valence-corrected chi connectivity index (χ0v) is 12.3. The SMILES string of the molecule is CC(=O)c1ccc(Br)cc1SCCC(C)C. The van der Waals surface area contributed by atoms with Gasteiger partial charge in [0.2, 0.25) is 0 Å². The van der Waals surface area contributed by atoms with Crippen LogP contribution in [-0.4, -0.2) is 11.5 Å². The number of thioether (sulfide) groups is 1. The Bertz CT molecular complexity index is 374. The van der Waals surface area contributed by atoms with E-state index in [-0.39, 0.29) is 5.78 Å². The zero-order valence-electron chi connectivity index (χ0n) is 9.92.